The van der Waals surface area contributed by atoms with Gasteiger partial charge in [0.25, 0.3) is 10.0 Å². The fraction of sp³-hybridized carbons (Fsp3) is 0.185. The molecule has 0 amide bonds. The maximum absolute atomic E-state index is 14.0. The smallest absolute Gasteiger partial charge is 0.268 e. The molecule has 0 spiro atoms. The van der Waals surface area contributed by atoms with Crippen LogP contribution in [0.4, 0.5) is 5.69 Å². The Bertz CT molecular complexity index is 1350. The number of carbonyl (C=O) groups is 2. The van der Waals surface area contributed by atoms with Gasteiger partial charge in [-0.3, -0.25) is 9.59 Å². The molecule has 1 aliphatic rings. The molecule has 0 radical (unpaired) electrons. The molecule has 1 atom stereocenters. The summed E-state index contributed by atoms with van der Waals surface area (Å²) in [5.41, 5.74) is 4.21. The van der Waals surface area contributed by atoms with Crippen LogP contribution in [0.15, 0.2) is 83.3 Å². The minimum atomic E-state index is -4.06. The van der Waals surface area contributed by atoms with E-state index in [1.165, 1.54) is 11.2 Å². The Kier molecular flexibility index (Phi) is 6.04. The summed E-state index contributed by atoms with van der Waals surface area (Å²) in [6.45, 7) is 5.31. The van der Waals surface area contributed by atoms with Gasteiger partial charge in [0.1, 0.15) is 12.1 Å². The lowest BCUT2D eigenvalue weighted by atomic mass is 9.81. The summed E-state index contributed by atoms with van der Waals surface area (Å²) in [7, 11) is -4.06. The Hall–Kier alpha value is -3.51. The Balaban J connectivity index is 2.07. The van der Waals surface area contributed by atoms with Crippen LogP contribution in [0.1, 0.15) is 41.5 Å². The normalized spacial score (nSPS) is 15.8. The molecule has 3 aromatic rings. The Morgan fingerprint density at radius 3 is 2.06 bits per heavy atom. The third kappa shape index (κ3) is 4.14. The van der Waals surface area contributed by atoms with Crippen LogP contribution in [0, 0.1) is 13.8 Å². The number of nitrogens with zero attached hydrogens (tertiary/aromatic N) is 1. The van der Waals surface area contributed by atoms with Crippen LogP contribution in [-0.2, 0) is 19.6 Å². The Labute approximate surface area is 194 Å². The molecule has 33 heavy (non-hydrogen) atoms. The summed E-state index contributed by atoms with van der Waals surface area (Å²) in [4.78, 5) is 24.7. The van der Waals surface area contributed by atoms with Gasteiger partial charge in [-0.2, -0.15) is 0 Å². The van der Waals surface area contributed by atoms with Crippen molar-refractivity contribution in [2.24, 2.45) is 0 Å². The second-order valence-electron chi connectivity index (χ2n) is 8.39. The molecule has 0 unspecified atom stereocenters. The van der Waals surface area contributed by atoms with E-state index >= 15 is 0 Å². The summed E-state index contributed by atoms with van der Waals surface area (Å²) >= 11 is 0. The number of ketones is 1. The van der Waals surface area contributed by atoms with Gasteiger partial charge in [0.2, 0.25) is 0 Å². The van der Waals surface area contributed by atoms with Gasteiger partial charge in [-0.05, 0) is 50.1 Å². The summed E-state index contributed by atoms with van der Waals surface area (Å²) in [5, 5.41) is 0. The third-order valence-corrected chi connectivity index (χ3v) is 7.61. The molecule has 0 aromatic heterocycles. The van der Waals surface area contributed by atoms with Crippen molar-refractivity contribution < 1.29 is 18.0 Å². The number of fused-ring (bicyclic) bond motifs is 1. The zero-order valence-corrected chi connectivity index (χ0v) is 19.6. The van der Waals surface area contributed by atoms with E-state index < -0.39 is 15.9 Å². The topological polar surface area (TPSA) is 71.5 Å². The van der Waals surface area contributed by atoms with Crippen molar-refractivity contribution in [2.75, 3.05) is 4.31 Å². The highest BCUT2D eigenvalue weighted by Gasteiger charge is 2.40. The minimum absolute atomic E-state index is 0.0766. The number of Topliss-reactive ketones (excluding diaryl/α,β-unsaturated/α-hetero) is 1. The van der Waals surface area contributed by atoms with Crippen molar-refractivity contribution in [3.63, 3.8) is 0 Å². The van der Waals surface area contributed by atoms with E-state index in [1.54, 1.807) is 48.5 Å². The van der Waals surface area contributed by atoms with Crippen molar-refractivity contribution in [1.82, 2.24) is 0 Å². The van der Waals surface area contributed by atoms with Crippen LogP contribution < -0.4 is 4.31 Å². The average molecular weight is 460 g/mol. The number of allylic oxidation sites excluding steroid dienone is 1. The third-order valence-electron chi connectivity index (χ3n) is 5.89. The van der Waals surface area contributed by atoms with E-state index in [-0.39, 0.29) is 28.4 Å². The first-order valence-corrected chi connectivity index (χ1v) is 12.1. The number of aryl methyl sites for hydroxylation is 2. The first-order chi connectivity index (χ1) is 15.7. The molecular weight excluding hydrogens is 434 g/mol. The standard InChI is InChI=1S/C27H25NO4S/c1-18-8-12-21(13-9-18)27-25(17-29)24(16-20(3)30)23-6-4-5-7-26(23)28(27)33(31,32)22-14-10-19(2)11-15-22/h4-15,17,24H,16H2,1-3H3/t24-/m1/s1. The number of sulfonamides is 1. The van der Waals surface area contributed by atoms with Crippen molar-refractivity contribution in [2.45, 2.75) is 38.0 Å². The Morgan fingerprint density at radius 1 is 0.909 bits per heavy atom. The molecule has 0 saturated heterocycles. The lowest BCUT2D eigenvalue weighted by Gasteiger charge is -2.37. The van der Waals surface area contributed by atoms with Crippen LogP contribution in [0.25, 0.3) is 5.70 Å². The fourth-order valence-corrected chi connectivity index (χ4v) is 5.81. The van der Waals surface area contributed by atoms with E-state index in [2.05, 4.69) is 0 Å². The number of carbonyl (C=O) groups excluding carboxylic acids is 2. The molecule has 1 heterocycles. The second-order valence-corrected chi connectivity index (χ2v) is 10.2. The second kappa shape index (κ2) is 8.79. The summed E-state index contributed by atoms with van der Waals surface area (Å²) in [6, 6.07) is 21.1. The number of hydrogen-bond donors (Lipinski definition) is 0. The summed E-state index contributed by atoms with van der Waals surface area (Å²) < 4.78 is 29.3. The number of rotatable bonds is 6. The van der Waals surface area contributed by atoms with Gasteiger partial charge in [-0.15, -0.1) is 0 Å². The number of aldehydes is 1. The molecular formula is C27H25NO4S. The van der Waals surface area contributed by atoms with Crippen LogP contribution in [0.2, 0.25) is 0 Å². The molecule has 1 aliphatic heterocycles. The van der Waals surface area contributed by atoms with Gasteiger partial charge < -0.3 is 0 Å². The van der Waals surface area contributed by atoms with Crippen LogP contribution >= 0.6 is 0 Å². The zero-order valence-electron chi connectivity index (χ0n) is 18.8. The van der Waals surface area contributed by atoms with Gasteiger partial charge in [-0.1, -0.05) is 65.7 Å². The van der Waals surface area contributed by atoms with Crippen LogP contribution in [-0.4, -0.2) is 20.5 Å². The van der Waals surface area contributed by atoms with Gasteiger partial charge in [-0.25, -0.2) is 12.7 Å². The predicted molar refractivity (Wildman–Crippen MR) is 129 cm³/mol. The zero-order chi connectivity index (χ0) is 23.8. The number of benzene rings is 3. The monoisotopic (exact) mass is 459 g/mol. The van der Waals surface area contributed by atoms with Crippen LogP contribution in [0.5, 0.6) is 0 Å². The maximum Gasteiger partial charge on any atom is 0.268 e. The summed E-state index contributed by atoms with van der Waals surface area (Å²) in [5.74, 6) is -0.607. The molecule has 5 nitrogen and oxygen atoms in total. The van der Waals surface area contributed by atoms with Gasteiger partial charge in [0, 0.05) is 17.9 Å². The molecule has 3 aromatic carbocycles. The highest BCUT2D eigenvalue weighted by molar-refractivity contribution is 7.93. The van der Waals surface area contributed by atoms with Gasteiger partial charge >= 0.3 is 0 Å². The largest absolute Gasteiger partial charge is 0.300 e. The van der Waals surface area contributed by atoms with E-state index in [9.17, 15) is 18.0 Å². The quantitative estimate of drug-likeness (QED) is 0.476. The van der Waals surface area contributed by atoms with E-state index in [1.807, 2.05) is 38.1 Å². The fourth-order valence-electron chi connectivity index (χ4n) is 4.24. The van der Waals surface area contributed by atoms with Crippen molar-refractivity contribution in [3.8, 4) is 0 Å². The molecule has 168 valence electrons. The van der Waals surface area contributed by atoms with Gasteiger partial charge in [0.05, 0.1) is 16.3 Å². The first kappa shape index (κ1) is 22.7. The minimum Gasteiger partial charge on any atom is -0.300 e. The highest BCUT2D eigenvalue weighted by atomic mass is 32.2. The molecule has 0 bridgehead atoms. The summed E-state index contributed by atoms with van der Waals surface area (Å²) in [6.07, 6.45) is 0.801. The maximum atomic E-state index is 14.0. The first-order valence-electron chi connectivity index (χ1n) is 10.7. The van der Waals surface area contributed by atoms with Crippen molar-refractivity contribution >= 4 is 33.5 Å². The van der Waals surface area contributed by atoms with Crippen molar-refractivity contribution in [1.29, 1.82) is 0 Å². The molecule has 0 saturated carbocycles. The highest BCUT2D eigenvalue weighted by Crippen LogP contribution is 2.47. The molecule has 4 rings (SSSR count). The lowest BCUT2D eigenvalue weighted by Crippen LogP contribution is -2.35. The molecule has 0 fully saturated rings. The Morgan fingerprint density at radius 2 is 1.48 bits per heavy atom. The lowest BCUT2D eigenvalue weighted by molar-refractivity contribution is -0.117. The number of para-hydroxylation sites is 1. The van der Waals surface area contributed by atoms with E-state index in [0.717, 1.165) is 11.1 Å². The number of anilines is 1. The van der Waals surface area contributed by atoms with Gasteiger partial charge in [0.15, 0.2) is 0 Å². The van der Waals surface area contributed by atoms with Crippen molar-refractivity contribution in [3.05, 3.63) is 101 Å². The van der Waals surface area contributed by atoms with Crippen LogP contribution in [0.3, 0.4) is 0 Å². The number of hydrogen-bond acceptors (Lipinski definition) is 4. The average Bonchev–Trinajstić information content (AvgIpc) is 2.79. The molecule has 0 aliphatic carbocycles. The molecule has 0 N–H and O–H groups in total. The predicted octanol–water partition coefficient (Wildman–Crippen LogP) is 5.19. The SMILES string of the molecule is CC(=O)C[C@H]1C(C=O)=C(c2ccc(C)cc2)N(S(=O)(=O)c2ccc(C)cc2)c2ccccc21. The molecule has 6 heteroatoms. The van der Waals surface area contributed by atoms with E-state index in [0.29, 0.717) is 23.1 Å². The van der Waals surface area contributed by atoms with E-state index in [4.69, 9.17) is 0 Å².